The van der Waals surface area contributed by atoms with E-state index in [1.54, 1.807) is 0 Å². The maximum atomic E-state index is 8.75. The highest BCUT2D eigenvalue weighted by atomic mass is 35.5. The number of hydrogen-bond donors (Lipinski definition) is 0. The molecule has 0 aromatic carbocycles. The van der Waals surface area contributed by atoms with Gasteiger partial charge in [-0.1, -0.05) is 27.2 Å². The van der Waals surface area contributed by atoms with Crippen molar-refractivity contribution in [2.45, 2.75) is 44.9 Å². The summed E-state index contributed by atoms with van der Waals surface area (Å²) in [5.41, 5.74) is 0. The molecular formula is C9H16ClN. The smallest absolute Gasteiger partial charge is 0.131 e. The predicted molar refractivity (Wildman–Crippen MR) is 48.6 cm³/mol. The molecule has 2 unspecified atom stereocenters. The van der Waals surface area contributed by atoms with Gasteiger partial charge in [-0.05, 0) is 18.8 Å². The lowest BCUT2D eigenvalue weighted by atomic mass is 9.92. The number of alkyl halides is 1. The molecule has 0 aliphatic heterocycles. The van der Waals surface area contributed by atoms with Gasteiger partial charge in [0.1, 0.15) is 4.87 Å². The van der Waals surface area contributed by atoms with Gasteiger partial charge in [-0.3, -0.25) is 0 Å². The molecule has 2 heteroatoms. The Balaban J connectivity index is 3.99. The Labute approximate surface area is 74.4 Å². The Morgan fingerprint density at radius 2 is 2.09 bits per heavy atom. The first-order chi connectivity index (χ1) is 5.08. The van der Waals surface area contributed by atoms with E-state index in [-0.39, 0.29) is 0 Å². The molecule has 0 saturated heterocycles. The lowest BCUT2D eigenvalue weighted by Gasteiger charge is -2.20. The summed E-state index contributed by atoms with van der Waals surface area (Å²) in [6.07, 6.45) is 2.63. The fraction of sp³-hybridized carbons (Fsp3) is 0.889. The lowest BCUT2D eigenvalue weighted by Crippen LogP contribution is -2.20. The van der Waals surface area contributed by atoms with Crippen LogP contribution in [0, 0.1) is 17.2 Å². The second-order valence-corrected chi connectivity index (χ2v) is 3.87. The summed E-state index contributed by atoms with van der Waals surface area (Å²) < 4.78 is 0. The van der Waals surface area contributed by atoms with Crippen LogP contribution in [0.25, 0.3) is 0 Å². The molecule has 0 fully saturated rings. The van der Waals surface area contributed by atoms with E-state index in [1.165, 1.54) is 0 Å². The summed E-state index contributed by atoms with van der Waals surface area (Å²) in [5.74, 6) is 0.548. The Hall–Kier alpha value is -0.220. The fourth-order valence-electron chi connectivity index (χ4n) is 0.966. The molecule has 0 saturated carbocycles. The molecule has 0 aliphatic rings. The van der Waals surface area contributed by atoms with E-state index in [2.05, 4.69) is 19.9 Å². The third kappa shape index (κ3) is 3.62. The largest absolute Gasteiger partial charge is 0.196 e. The summed E-state index contributed by atoms with van der Waals surface area (Å²) in [7, 11) is 0. The zero-order valence-corrected chi connectivity index (χ0v) is 8.28. The van der Waals surface area contributed by atoms with E-state index in [9.17, 15) is 0 Å². The monoisotopic (exact) mass is 173 g/mol. The van der Waals surface area contributed by atoms with Crippen LogP contribution in [0.1, 0.15) is 40.0 Å². The van der Waals surface area contributed by atoms with E-state index in [0.717, 1.165) is 19.3 Å². The summed E-state index contributed by atoms with van der Waals surface area (Å²) >= 11 is 6.02. The van der Waals surface area contributed by atoms with Gasteiger partial charge in [0.2, 0.25) is 0 Å². The second kappa shape index (κ2) is 4.62. The zero-order chi connectivity index (χ0) is 8.91. The quantitative estimate of drug-likeness (QED) is 0.599. The van der Waals surface area contributed by atoms with Crippen molar-refractivity contribution in [3.8, 4) is 6.07 Å². The molecular weight excluding hydrogens is 158 g/mol. The third-order valence-corrected chi connectivity index (χ3v) is 2.64. The van der Waals surface area contributed by atoms with Crippen LogP contribution in [0.15, 0.2) is 0 Å². The van der Waals surface area contributed by atoms with Crippen molar-refractivity contribution in [3.63, 3.8) is 0 Å². The van der Waals surface area contributed by atoms with Crippen LogP contribution < -0.4 is 0 Å². The molecule has 0 aromatic rings. The molecule has 0 rings (SSSR count). The first-order valence-corrected chi connectivity index (χ1v) is 4.56. The van der Waals surface area contributed by atoms with Crippen LogP contribution >= 0.6 is 11.6 Å². The molecule has 0 heterocycles. The highest BCUT2D eigenvalue weighted by Gasteiger charge is 2.26. The summed E-state index contributed by atoms with van der Waals surface area (Å²) in [6, 6.07) is 2.16. The summed E-state index contributed by atoms with van der Waals surface area (Å²) in [6.45, 7) is 6.21. The van der Waals surface area contributed by atoms with Gasteiger partial charge in [-0.25, -0.2) is 0 Å². The molecule has 0 radical (unpaired) electrons. The first kappa shape index (κ1) is 10.8. The predicted octanol–water partition coefficient (Wildman–Crippen LogP) is 3.33. The van der Waals surface area contributed by atoms with Crippen molar-refractivity contribution < 1.29 is 0 Å². The summed E-state index contributed by atoms with van der Waals surface area (Å²) in [5, 5.41) is 8.75. The van der Waals surface area contributed by atoms with Crippen LogP contribution in [0.3, 0.4) is 0 Å². The minimum absolute atomic E-state index is 0.548. The van der Waals surface area contributed by atoms with Crippen molar-refractivity contribution in [2.24, 2.45) is 5.92 Å². The van der Waals surface area contributed by atoms with E-state index < -0.39 is 4.87 Å². The zero-order valence-electron chi connectivity index (χ0n) is 7.52. The first-order valence-electron chi connectivity index (χ1n) is 4.18. The molecule has 0 aromatic heterocycles. The van der Waals surface area contributed by atoms with E-state index in [4.69, 9.17) is 16.9 Å². The van der Waals surface area contributed by atoms with Crippen LogP contribution in [0.4, 0.5) is 0 Å². The van der Waals surface area contributed by atoms with Crippen molar-refractivity contribution in [1.82, 2.24) is 0 Å². The molecule has 0 aliphatic carbocycles. The molecule has 0 spiro atoms. The second-order valence-electron chi connectivity index (χ2n) is 3.15. The van der Waals surface area contributed by atoms with Crippen molar-refractivity contribution >= 4 is 11.6 Å². The molecule has 11 heavy (non-hydrogen) atoms. The van der Waals surface area contributed by atoms with E-state index in [1.807, 2.05) is 6.92 Å². The average Bonchev–Trinajstić information content (AvgIpc) is 2.04. The third-order valence-electron chi connectivity index (χ3n) is 2.13. The van der Waals surface area contributed by atoms with Gasteiger partial charge in [0.25, 0.3) is 0 Å². The Kier molecular flexibility index (Phi) is 4.52. The van der Waals surface area contributed by atoms with Gasteiger partial charge < -0.3 is 0 Å². The van der Waals surface area contributed by atoms with Crippen LogP contribution in [-0.2, 0) is 0 Å². The number of halogens is 1. The van der Waals surface area contributed by atoms with E-state index >= 15 is 0 Å². The van der Waals surface area contributed by atoms with Crippen molar-refractivity contribution in [2.75, 3.05) is 0 Å². The van der Waals surface area contributed by atoms with Gasteiger partial charge in [0, 0.05) is 0 Å². The van der Waals surface area contributed by atoms with Gasteiger partial charge in [0.15, 0.2) is 0 Å². The number of nitriles is 1. The van der Waals surface area contributed by atoms with E-state index in [0.29, 0.717) is 5.92 Å². The lowest BCUT2D eigenvalue weighted by molar-refractivity contribution is 0.454. The Bertz CT molecular complexity index is 150. The molecule has 2 atom stereocenters. The maximum Gasteiger partial charge on any atom is 0.131 e. The van der Waals surface area contributed by atoms with Crippen LogP contribution in [0.2, 0.25) is 0 Å². The number of nitrogens with zero attached hydrogens (tertiary/aromatic N) is 1. The van der Waals surface area contributed by atoms with Gasteiger partial charge in [0.05, 0.1) is 6.07 Å². The topological polar surface area (TPSA) is 23.8 Å². The maximum absolute atomic E-state index is 8.75. The van der Waals surface area contributed by atoms with Crippen molar-refractivity contribution in [3.05, 3.63) is 0 Å². The average molecular weight is 174 g/mol. The fourth-order valence-corrected chi connectivity index (χ4v) is 1.23. The Morgan fingerprint density at radius 1 is 1.55 bits per heavy atom. The van der Waals surface area contributed by atoms with Gasteiger partial charge in [-0.2, -0.15) is 5.26 Å². The van der Waals surface area contributed by atoms with Gasteiger partial charge in [-0.15, -0.1) is 11.6 Å². The number of hydrogen-bond acceptors (Lipinski definition) is 1. The van der Waals surface area contributed by atoms with Gasteiger partial charge >= 0.3 is 0 Å². The molecule has 0 N–H and O–H groups in total. The molecule has 0 amide bonds. The van der Waals surface area contributed by atoms with Crippen LogP contribution in [-0.4, -0.2) is 4.87 Å². The highest BCUT2D eigenvalue weighted by molar-refractivity contribution is 6.25. The summed E-state index contributed by atoms with van der Waals surface area (Å²) in [4.78, 5) is -0.616. The molecule has 64 valence electrons. The molecule has 1 nitrogen and oxygen atoms in total. The molecule has 0 bridgehead atoms. The van der Waals surface area contributed by atoms with Crippen molar-refractivity contribution in [1.29, 1.82) is 5.26 Å². The Morgan fingerprint density at radius 3 is 2.36 bits per heavy atom. The highest BCUT2D eigenvalue weighted by Crippen LogP contribution is 2.28. The minimum atomic E-state index is -0.616. The standard InChI is InChI=1S/C9H16ClN/c1-4-8(3)6-9(10,5-2)7-11/h8H,4-6H2,1-3H3. The van der Waals surface area contributed by atoms with Crippen LogP contribution in [0.5, 0.6) is 0 Å². The minimum Gasteiger partial charge on any atom is -0.196 e. The normalized spacial score (nSPS) is 18.5. The SMILES string of the molecule is CCC(C)CC(Cl)(C#N)CC. The number of rotatable bonds is 4.